The standard InChI is InChI=1S/C6H12O3/c1-2-5-3-8-4-6(7)9-5/h5-7H,2-4H2,1H3/t5-,6?/m1/s1. The van der Waals surface area contributed by atoms with E-state index < -0.39 is 6.29 Å². The van der Waals surface area contributed by atoms with Crippen LogP contribution in [0.15, 0.2) is 0 Å². The van der Waals surface area contributed by atoms with E-state index in [1.807, 2.05) is 6.92 Å². The minimum atomic E-state index is -0.705. The van der Waals surface area contributed by atoms with Crippen molar-refractivity contribution in [2.24, 2.45) is 0 Å². The van der Waals surface area contributed by atoms with Crippen molar-refractivity contribution in [3.05, 3.63) is 0 Å². The topological polar surface area (TPSA) is 38.7 Å². The van der Waals surface area contributed by atoms with Gasteiger partial charge in [0.2, 0.25) is 0 Å². The molecule has 0 aromatic carbocycles. The minimum absolute atomic E-state index is 0.0914. The highest BCUT2D eigenvalue weighted by atomic mass is 16.7. The lowest BCUT2D eigenvalue weighted by atomic mass is 10.3. The van der Waals surface area contributed by atoms with Crippen LogP contribution in [0.1, 0.15) is 13.3 Å². The molecule has 0 saturated carbocycles. The molecule has 1 saturated heterocycles. The monoisotopic (exact) mass is 132 g/mol. The molecule has 1 fully saturated rings. The fraction of sp³-hybridized carbons (Fsp3) is 1.00. The predicted molar refractivity (Wildman–Crippen MR) is 32.0 cm³/mol. The van der Waals surface area contributed by atoms with Gasteiger partial charge in [0, 0.05) is 0 Å². The van der Waals surface area contributed by atoms with E-state index in [1.54, 1.807) is 0 Å². The van der Waals surface area contributed by atoms with Gasteiger partial charge in [-0.05, 0) is 6.42 Å². The van der Waals surface area contributed by atoms with Crippen LogP contribution in [-0.2, 0) is 9.47 Å². The van der Waals surface area contributed by atoms with Crippen LogP contribution in [0.5, 0.6) is 0 Å². The molecule has 1 unspecified atom stereocenters. The smallest absolute Gasteiger partial charge is 0.178 e. The fourth-order valence-corrected chi connectivity index (χ4v) is 0.815. The van der Waals surface area contributed by atoms with Crippen LogP contribution < -0.4 is 0 Å². The van der Waals surface area contributed by atoms with Crippen molar-refractivity contribution in [2.75, 3.05) is 13.2 Å². The quantitative estimate of drug-likeness (QED) is 0.551. The molecule has 3 heteroatoms. The third-order valence-corrected chi connectivity index (χ3v) is 1.37. The second-order valence-electron chi connectivity index (χ2n) is 2.16. The summed E-state index contributed by atoms with van der Waals surface area (Å²) in [6.07, 6.45) is 0.286. The molecular formula is C6H12O3. The Labute approximate surface area is 54.6 Å². The van der Waals surface area contributed by atoms with Crippen LogP contribution >= 0.6 is 0 Å². The Bertz CT molecular complexity index is 84.4. The van der Waals surface area contributed by atoms with Crippen molar-refractivity contribution in [2.45, 2.75) is 25.7 Å². The lowest BCUT2D eigenvalue weighted by Crippen LogP contribution is -2.35. The summed E-state index contributed by atoms with van der Waals surface area (Å²) in [5.74, 6) is 0. The number of aliphatic hydroxyl groups is 1. The third kappa shape index (κ3) is 1.93. The Morgan fingerprint density at radius 3 is 2.78 bits per heavy atom. The van der Waals surface area contributed by atoms with Gasteiger partial charge in [-0.3, -0.25) is 0 Å². The van der Waals surface area contributed by atoms with Gasteiger partial charge in [0.25, 0.3) is 0 Å². The average molecular weight is 132 g/mol. The van der Waals surface area contributed by atoms with Crippen LogP contribution in [0.4, 0.5) is 0 Å². The van der Waals surface area contributed by atoms with Crippen LogP contribution in [0, 0.1) is 0 Å². The molecule has 0 aromatic rings. The van der Waals surface area contributed by atoms with E-state index in [1.165, 1.54) is 0 Å². The second-order valence-corrected chi connectivity index (χ2v) is 2.16. The number of rotatable bonds is 1. The van der Waals surface area contributed by atoms with E-state index in [0.717, 1.165) is 6.42 Å². The van der Waals surface area contributed by atoms with E-state index in [2.05, 4.69) is 0 Å². The van der Waals surface area contributed by atoms with E-state index in [0.29, 0.717) is 13.2 Å². The Hall–Kier alpha value is -0.120. The van der Waals surface area contributed by atoms with Gasteiger partial charge in [-0.1, -0.05) is 6.92 Å². The second kappa shape index (κ2) is 3.15. The predicted octanol–water partition coefficient (Wildman–Crippen LogP) is 0.130. The van der Waals surface area contributed by atoms with Gasteiger partial charge < -0.3 is 14.6 Å². The molecule has 54 valence electrons. The Balaban J connectivity index is 2.23. The van der Waals surface area contributed by atoms with E-state index in [4.69, 9.17) is 14.6 Å². The highest BCUT2D eigenvalue weighted by Gasteiger charge is 2.18. The maximum Gasteiger partial charge on any atom is 0.178 e. The molecule has 2 atom stereocenters. The summed E-state index contributed by atoms with van der Waals surface area (Å²) in [6, 6.07) is 0. The highest BCUT2D eigenvalue weighted by Crippen LogP contribution is 2.07. The number of ether oxygens (including phenoxy) is 2. The molecule has 0 radical (unpaired) electrons. The van der Waals surface area contributed by atoms with Crippen LogP contribution in [0.25, 0.3) is 0 Å². The van der Waals surface area contributed by atoms with Gasteiger partial charge in [0.05, 0.1) is 19.3 Å². The molecule has 1 N–H and O–H groups in total. The molecule has 1 aliphatic heterocycles. The molecule has 0 aromatic heterocycles. The SMILES string of the molecule is CC[C@@H]1COCC(O)O1. The first-order valence-corrected chi connectivity index (χ1v) is 3.24. The van der Waals surface area contributed by atoms with Crippen LogP contribution in [-0.4, -0.2) is 30.7 Å². The summed E-state index contributed by atoms with van der Waals surface area (Å²) < 4.78 is 10.1. The summed E-state index contributed by atoms with van der Waals surface area (Å²) in [6.45, 7) is 2.94. The molecule has 0 aliphatic carbocycles. The summed E-state index contributed by atoms with van der Waals surface area (Å²) >= 11 is 0. The Morgan fingerprint density at radius 1 is 1.56 bits per heavy atom. The zero-order chi connectivity index (χ0) is 6.69. The lowest BCUT2D eigenvalue weighted by molar-refractivity contribution is -0.220. The summed E-state index contributed by atoms with van der Waals surface area (Å²) in [7, 11) is 0. The number of hydrogen-bond acceptors (Lipinski definition) is 3. The molecule has 0 spiro atoms. The summed E-state index contributed by atoms with van der Waals surface area (Å²) in [5, 5.41) is 8.86. The van der Waals surface area contributed by atoms with E-state index in [-0.39, 0.29) is 6.10 Å². The summed E-state index contributed by atoms with van der Waals surface area (Å²) in [4.78, 5) is 0. The fourth-order valence-electron chi connectivity index (χ4n) is 0.815. The lowest BCUT2D eigenvalue weighted by Gasteiger charge is -2.25. The van der Waals surface area contributed by atoms with E-state index in [9.17, 15) is 0 Å². The van der Waals surface area contributed by atoms with Crippen molar-refractivity contribution >= 4 is 0 Å². The zero-order valence-electron chi connectivity index (χ0n) is 5.54. The first-order valence-electron chi connectivity index (χ1n) is 3.24. The van der Waals surface area contributed by atoms with Crippen molar-refractivity contribution in [3.63, 3.8) is 0 Å². The first kappa shape index (κ1) is 6.99. The molecule has 1 heterocycles. The highest BCUT2D eigenvalue weighted by molar-refractivity contribution is 4.59. The molecule has 3 nitrogen and oxygen atoms in total. The van der Waals surface area contributed by atoms with E-state index >= 15 is 0 Å². The van der Waals surface area contributed by atoms with Gasteiger partial charge in [0.15, 0.2) is 6.29 Å². The molecule has 1 rings (SSSR count). The largest absolute Gasteiger partial charge is 0.373 e. The van der Waals surface area contributed by atoms with Crippen molar-refractivity contribution < 1.29 is 14.6 Å². The maximum atomic E-state index is 8.86. The minimum Gasteiger partial charge on any atom is -0.373 e. The van der Waals surface area contributed by atoms with Crippen LogP contribution in [0.2, 0.25) is 0 Å². The molecule has 1 aliphatic rings. The van der Waals surface area contributed by atoms with Gasteiger partial charge in [-0.15, -0.1) is 0 Å². The summed E-state index contributed by atoms with van der Waals surface area (Å²) in [5.41, 5.74) is 0. The first-order chi connectivity index (χ1) is 4.33. The van der Waals surface area contributed by atoms with Crippen molar-refractivity contribution in [3.8, 4) is 0 Å². The Morgan fingerprint density at radius 2 is 2.33 bits per heavy atom. The van der Waals surface area contributed by atoms with Gasteiger partial charge in [0.1, 0.15) is 0 Å². The Kier molecular flexibility index (Phi) is 2.45. The van der Waals surface area contributed by atoms with Crippen molar-refractivity contribution in [1.29, 1.82) is 0 Å². The van der Waals surface area contributed by atoms with Crippen LogP contribution in [0.3, 0.4) is 0 Å². The van der Waals surface area contributed by atoms with Gasteiger partial charge >= 0.3 is 0 Å². The average Bonchev–Trinajstić information content (AvgIpc) is 1.88. The zero-order valence-corrected chi connectivity index (χ0v) is 5.54. The molecule has 0 amide bonds. The van der Waals surface area contributed by atoms with Gasteiger partial charge in [-0.2, -0.15) is 0 Å². The normalized spacial score (nSPS) is 36.7. The van der Waals surface area contributed by atoms with Crippen molar-refractivity contribution in [1.82, 2.24) is 0 Å². The molecular weight excluding hydrogens is 120 g/mol. The molecule has 9 heavy (non-hydrogen) atoms. The van der Waals surface area contributed by atoms with Gasteiger partial charge in [-0.25, -0.2) is 0 Å². The maximum absolute atomic E-state index is 8.86. The number of hydrogen-bond donors (Lipinski definition) is 1. The number of aliphatic hydroxyl groups excluding tert-OH is 1. The third-order valence-electron chi connectivity index (χ3n) is 1.37. The molecule has 0 bridgehead atoms.